The SMILES string of the molecule is CCC1CCCN1c1ccc(C(=O)O)cc1N. The molecule has 1 unspecified atom stereocenters. The Morgan fingerprint density at radius 3 is 2.94 bits per heavy atom. The standard InChI is InChI=1S/C13H18N2O2/c1-2-10-4-3-7-15(10)12-6-5-9(13(16)17)8-11(12)14/h5-6,8,10H,2-4,7,14H2,1H3,(H,16,17). The Bertz CT molecular complexity index is 431. The van der Waals surface area contributed by atoms with Crippen LogP contribution < -0.4 is 10.6 Å². The van der Waals surface area contributed by atoms with Gasteiger partial charge in [-0.15, -0.1) is 0 Å². The molecule has 0 bridgehead atoms. The topological polar surface area (TPSA) is 66.6 Å². The van der Waals surface area contributed by atoms with Crippen LogP contribution in [0.5, 0.6) is 0 Å². The average molecular weight is 234 g/mol. The summed E-state index contributed by atoms with van der Waals surface area (Å²) in [4.78, 5) is 13.1. The van der Waals surface area contributed by atoms with Gasteiger partial charge in [0.2, 0.25) is 0 Å². The van der Waals surface area contributed by atoms with Gasteiger partial charge in [0.25, 0.3) is 0 Å². The van der Waals surface area contributed by atoms with Gasteiger partial charge in [-0.1, -0.05) is 6.92 Å². The van der Waals surface area contributed by atoms with E-state index < -0.39 is 5.97 Å². The normalized spacial score (nSPS) is 19.6. The minimum atomic E-state index is -0.934. The number of aromatic carboxylic acids is 1. The summed E-state index contributed by atoms with van der Waals surface area (Å²) < 4.78 is 0. The van der Waals surface area contributed by atoms with Crippen LogP contribution >= 0.6 is 0 Å². The predicted molar refractivity (Wildman–Crippen MR) is 68.5 cm³/mol. The third kappa shape index (κ3) is 2.20. The van der Waals surface area contributed by atoms with E-state index in [9.17, 15) is 4.79 Å². The maximum Gasteiger partial charge on any atom is 0.335 e. The Labute approximate surface area is 101 Å². The van der Waals surface area contributed by atoms with Gasteiger partial charge >= 0.3 is 5.97 Å². The maximum atomic E-state index is 10.8. The van der Waals surface area contributed by atoms with Crippen molar-refractivity contribution in [1.29, 1.82) is 0 Å². The van der Waals surface area contributed by atoms with Crippen LogP contribution in [0.4, 0.5) is 11.4 Å². The van der Waals surface area contributed by atoms with Crippen LogP contribution in [0.1, 0.15) is 36.5 Å². The summed E-state index contributed by atoms with van der Waals surface area (Å²) in [6.45, 7) is 3.18. The molecular formula is C13H18N2O2. The van der Waals surface area contributed by atoms with E-state index in [1.165, 1.54) is 12.8 Å². The molecule has 1 aliphatic rings. The second-order valence-electron chi connectivity index (χ2n) is 4.48. The summed E-state index contributed by atoms with van der Waals surface area (Å²) in [6.07, 6.45) is 3.47. The van der Waals surface area contributed by atoms with E-state index in [0.29, 0.717) is 11.7 Å². The number of carbonyl (C=O) groups is 1. The third-order valence-electron chi connectivity index (χ3n) is 3.43. The first-order valence-electron chi connectivity index (χ1n) is 6.03. The Morgan fingerprint density at radius 1 is 1.59 bits per heavy atom. The molecule has 0 saturated carbocycles. The molecule has 1 aliphatic heterocycles. The fourth-order valence-corrected chi connectivity index (χ4v) is 2.53. The highest BCUT2D eigenvalue weighted by atomic mass is 16.4. The molecule has 0 spiro atoms. The van der Waals surface area contributed by atoms with E-state index in [4.69, 9.17) is 10.8 Å². The van der Waals surface area contributed by atoms with Gasteiger partial charge in [-0.2, -0.15) is 0 Å². The molecule has 0 aromatic heterocycles. The van der Waals surface area contributed by atoms with Crippen molar-refractivity contribution >= 4 is 17.3 Å². The Kier molecular flexibility index (Phi) is 3.22. The monoisotopic (exact) mass is 234 g/mol. The summed E-state index contributed by atoms with van der Waals surface area (Å²) in [5.41, 5.74) is 7.73. The number of rotatable bonds is 3. The Morgan fingerprint density at radius 2 is 2.35 bits per heavy atom. The van der Waals surface area contributed by atoms with Crippen molar-refractivity contribution in [2.45, 2.75) is 32.2 Å². The lowest BCUT2D eigenvalue weighted by Gasteiger charge is -2.27. The van der Waals surface area contributed by atoms with Crippen molar-refractivity contribution < 1.29 is 9.90 Å². The molecule has 1 aromatic rings. The molecule has 4 heteroatoms. The van der Waals surface area contributed by atoms with E-state index in [2.05, 4.69) is 11.8 Å². The van der Waals surface area contributed by atoms with Crippen molar-refractivity contribution in [2.75, 3.05) is 17.2 Å². The number of benzene rings is 1. The fraction of sp³-hybridized carbons (Fsp3) is 0.462. The van der Waals surface area contributed by atoms with Crippen LogP contribution in [-0.2, 0) is 0 Å². The Hall–Kier alpha value is -1.71. The molecule has 92 valence electrons. The first-order chi connectivity index (χ1) is 8.13. The molecule has 1 saturated heterocycles. The van der Waals surface area contributed by atoms with Gasteiger partial charge in [-0.25, -0.2) is 4.79 Å². The van der Waals surface area contributed by atoms with Gasteiger partial charge in [0.1, 0.15) is 0 Å². The molecule has 1 atom stereocenters. The summed E-state index contributed by atoms with van der Waals surface area (Å²) in [6, 6.07) is 5.53. The molecule has 2 rings (SSSR count). The van der Waals surface area contributed by atoms with Crippen LogP contribution in [0.3, 0.4) is 0 Å². The number of hydrogen-bond donors (Lipinski definition) is 2. The molecule has 17 heavy (non-hydrogen) atoms. The van der Waals surface area contributed by atoms with Gasteiger partial charge < -0.3 is 15.7 Å². The van der Waals surface area contributed by atoms with Crippen LogP contribution in [0, 0.1) is 0 Å². The minimum absolute atomic E-state index is 0.249. The molecule has 1 heterocycles. The molecule has 0 aliphatic carbocycles. The van der Waals surface area contributed by atoms with E-state index in [-0.39, 0.29) is 5.56 Å². The smallest absolute Gasteiger partial charge is 0.335 e. The van der Waals surface area contributed by atoms with Crippen LogP contribution in [0.2, 0.25) is 0 Å². The summed E-state index contributed by atoms with van der Waals surface area (Å²) >= 11 is 0. The molecule has 1 aromatic carbocycles. The second kappa shape index (κ2) is 4.65. The average Bonchev–Trinajstić information content (AvgIpc) is 2.76. The number of anilines is 2. The van der Waals surface area contributed by atoms with Crippen LogP contribution in [0.25, 0.3) is 0 Å². The second-order valence-corrected chi connectivity index (χ2v) is 4.48. The summed E-state index contributed by atoms with van der Waals surface area (Å²) in [7, 11) is 0. The fourth-order valence-electron chi connectivity index (χ4n) is 2.53. The molecule has 0 radical (unpaired) electrons. The van der Waals surface area contributed by atoms with Crippen molar-refractivity contribution in [3.05, 3.63) is 23.8 Å². The first-order valence-corrected chi connectivity index (χ1v) is 6.03. The quantitative estimate of drug-likeness (QED) is 0.788. The zero-order valence-electron chi connectivity index (χ0n) is 10.0. The number of carboxylic acid groups (broad SMARTS) is 1. The van der Waals surface area contributed by atoms with E-state index in [1.807, 2.05) is 6.07 Å². The van der Waals surface area contributed by atoms with Crippen molar-refractivity contribution in [3.8, 4) is 0 Å². The highest BCUT2D eigenvalue weighted by molar-refractivity contribution is 5.90. The van der Waals surface area contributed by atoms with Gasteiger partial charge in [0.15, 0.2) is 0 Å². The van der Waals surface area contributed by atoms with Gasteiger partial charge in [0.05, 0.1) is 16.9 Å². The van der Waals surface area contributed by atoms with Crippen LogP contribution in [0.15, 0.2) is 18.2 Å². The minimum Gasteiger partial charge on any atom is -0.478 e. The molecule has 3 N–H and O–H groups in total. The number of nitrogen functional groups attached to an aromatic ring is 1. The zero-order valence-corrected chi connectivity index (χ0v) is 10.0. The van der Waals surface area contributed by atoms with E-state index >= 15 is 0 Å². The molecule has 0 amide bonds. The number of nitrogens with two attached hydrogens (primary N) is 1. The van der Waals surface area contributed by atoms with Crippen molar-refractivity contribution in [2.24, 2.45) is 0 Å². The number of hydrogen-bond acceptors (Lipinski definition) is 3. The lowest BCUT2D eigenvalue weighted by Crippen LogP contribution is -2.29. The van der Waals surface area contributed by atoms with Gasteiger partial charge in [-0.05, 0) is 37.5 Å². The lowest BCUT2D eigenvalue weighted by molar-refractivity contribution is 0.0697. The third-order valence-corrected chi connectivity index (χ3v) is 3.43. The molecule has 1 fully saturated rings. The van der Waals surface area contributed by atoms with Gasteiger partial charge in [0, 0.05) is 12.6 Å². The number of nitrogens with zero attached hydrogens (tertiary/aromatic N) is 1. The number of carboxylic acids is 1. The predicted octanol–water partition coefficient (Wildman–Crippen LogP) is 2.35. The first kappa shape index (κ1) is 11.8. The highest BCUT2D eigenvalue weighted by Gasteiger charge is 2.24. The van der Waals surface area contributed by atoms with Gasteiger partial charge in [-0.3, -0.25) is 0 Å². The maximum absolute atomic E-state index is 10.8. The van der Waals surface area contributed by atoms with Crippen molar-refractivity contribution in [3.63, 3.8) is 0 Å². The van der Waals surface area contributed by atoms with E-state index in [1.54, 1.807) is 12.1 Å². The largest absolute Gasteiger partial charge is 0.478 e. The van der Waals surface area contributed by atoms with Crippen molar-refractivity contribution in [1.82, 2.24) is 0 Å². The lowest BCUT2D eigenvalue weighted by atomic mass is 10.1. The van der Waals surface area contributed by atoms with E-state index in [0.717, 1.165) is 18.7 Å². The van der Waals surface area contributed by atoms with Crippen LogP contribution in [-0.4, -0.2) is 23.7 Å². The summed E-state index contributed by atoms with van der Waals surface area (Å²) in [5, 5.41) is 8.89. The highest BCUT2D eigenvalue weighted by Crippen LogP contribution is 2.32. The summed E-state index contributed by atoms with van der Waals surface area (Å²) in [5.74, 6) is -0.934. The molecular weight excluding hydrogens is 216 g/mol. The Balaban J connectivity index is 2.30. The molecule has 4 nitrogen and oxygen atoms in total. The zero-order chi connectivity index (χ0) is 12.4.